The van der Waals surface area contributed by atoms with Crippen LogP contribution in [0.25, 0.3) is 0 Å². The van der Waals surface area contributed by atoms with Crippen LogP contribution in [-0.2, 0) is 4.79 Å². The molecule has 0 saturated carbocycles. The van der Waals surface area contributed by atoms with Crippen molar-refractivity contribution in [2.24, 2.45) is 0 Å². The molecule has 0 aliphatic heterocycles. The summed E-state index contributed by atoms with van der Waals surface area (Å²) in [7, 11) is 0. The van der Waals surface area contributed by atoms with E-state index in [1.165, 1.54) is 12.3 Å². The summed E-state index contributed by atoms with van der Waals surface area (Å²) < 4.78 is 4.93. The predicted octanol–water partition coefficient (Wildman–Crippen LogP) is 2.54. The van der Waals surface area contributed by atoms with E-state index in [0.717, 1.165) is 5.56 Å². The third-order valence-corrected chi connectivity index (χ3v) is 3.12. The zero-order valence-electron chi connectivity index (χ0n) is 11.4. The van der Waals surface area contributed by atoms with Gasteiger partial charge in [0, 0.05) is 5.02 Å². The minimum Gasteiger partial charge on any atom is -0.459 e. The highest BCUT2D eigenvalue weighted by Crippen LogP contribution is 2.17. The van der Waals surface area contributed by atoms with E-state index >= 15 is 0 Å². The van der Waals surface area contributed by atoms with Crippen molar-refractivity contribution < 1.29 is 14.0 Å². The van der Waals surface area contributed by atoms with Crippen molar-refractivity contribution >= 4 is 23.4 Å². The second-order valence-electron chi connectivity index (χ2n) is 4.50. The highest BCUT2D eigenvalue weighted by atomic mass is 35.5. The van der Waals surface area contributed by atoms with Crippen molar-refractivity contribution in [2.75, 3.05) is 6.54 Å². The van der Waals surface area contributed by atoms with Gasteiger partial charge in [0.15, 0.2) is 5.76 Å². The van der Waals surface area contributed by atoms with E-state index in [1.54, 1.807) is 18.2 Å². The van der Waals surface area contributed by atoms with Gasteiger partial charge in [-0.15, -0.1) is 0 Å². The van der Waals surface area contributed by atoms with Crippen LogP contribution in [0.15, 0.2) is 47.1 Å². The lowest BCUT2D eigenvalue weighted by molar-refractivity contribution is -0.120. The van der Waals surface area contributed by atoms with Crippen molar-refractivity contribution in [1.29, 1.82) is 0 Å². The Bertz CT molecular complexity index is 626. The molecule has 21 heavy (non-hydrogen) atoms. The summed E-state index contributed by atoms with van der Waals surface area (Å²) in [5.41, 5.74) is 0.896. The van der Waals surface area contributed by atoms with Crippen LogP contribution < -0.4 is 10.6 Å². The maximum atomic E-state index is 11.8. The monoisotopic (exact) mass is 306 g/mol. The molecule has 2 rings (SSSR count). The Labute approximate surface area is 127 Å². The molecule has 2 N–H and O–H groups in total. The van der Waals surface area contributed by atoms with E-state index in [1.807, 2.05) is 19.1 Å². The first-order valence-electron chi connectivity index (χ1n) is 6.43. The van der Waals surface area contributed by atoms with Crippen molar-refractivity contribution in [2.45, 2.75) is 13.0 Å². The molecule has 0 bridgehead atoms. The summed E-state index contributed by atoms with van der Waals surface area (Å²) in [6, 6.07) is 10.2. The smallest absolute Gasteiger partial charge is 0.287 e. The van der Waals surface area contributed by atoms with Gasteiger partial charge in [-0.1, -0.05) is 23.7 Å². The molecule has 1 heterocycles. The Morgan fingerprint density at radius 3 is 2.76 bits per heavy atom. The van der Waals surface area contributed by atoms with Gasteiger partial charge < -0.3 is 15.1 Å². The summed E-state index contributed by atoms with van der Waals surface area (Å²) in [5, 5.41) is 5.87. The Morgan fingerprint density at radius 1 is 1.29 bits per heavy atom. The number of carbonyl (C=O) groups excluding carboxylic acids is 2. The van der Waals surface area contributed by atoms with Crippen LogP contribution >= 0.6 is 11.6 Å². The molecule has 2 aromatic rings. The quantitative estimate of drug-likeness (QED) is 0.891. The molecule has 110 valence electrons. The van der Waals surface area contributed by atoms with Gasteiger partial charge in [0.2, 0.25) is 5.91 Å². The van der Waals surface area contributed by atoms with Crippen LogP contribution in [-0.4, -0.2) is 18.4 Å². The lowest BCUT2D eigenvalue weighted by Crippen LogP contribution is -2.37. The summed E-state index contributed by atoms with van der Waals surface area (Å²) in [6.45, 7) is 1.72. The van der Waals surface area contributed by atoms with Crippen LogP contribution in [0.3, 0.4) is 0 Å². The van der Waals surface area contributed by atoms with Gasteiger partial charge in [-0.05, 0) is 36.8 Å². The first kappa shape index (κ1) is 15.1. The lowest BCUT2D eigenvalue weighted by Gasteiger charge is -2.14. The fourth-order valence-electron chi connectivity index (χ4n) is 1.81. The topological polar surface area (TPSA) is 71.3 Å². The molecule has 0 spiro atoms. The minimum absolute atomic E-state index is 0.121. The lowest BCUT2D eigenvalue weighted by atomic mass is 10.1. The van der Waals surface area contributed by atoms with E-state index in [2.05, 4.69) is 10.6 Å². The molecule has 2 amide bonds. The van der Waals surface area contributed by atoms with Crippen LogP contribution in [0.4, 0.5) is 0 Å². The first-order chi connectivity index (χ1) is 10.1. The van der Waals surface area contributed by atoms with Crippen molar-refractivity contribution in [3.05, 3.63) is 59.0 Å². The van der Waals surface area contributed by atoms with Gasteiger partial charge >= 0.3 is 0 Å². The SMILES string of the molecule is C[C@@H](NC(=O)CNC(=O)c1ccco1)c1cccc(Cl)c1. The van der Waals surface area contributed by atoms with Gasteiger partial charge in [-0.2, -0.15) is 0 Å². The fraction of sp³-hybridized carbons (Fsp3) is 0.200. The molecular formula is C15H15ClN2O3. The van der Waals surface area contributed by atoms with E-state index in [-0.39, 0.29) is 24.3 Å². The molecule has 0 radical (unpaired) electrons. The number of furan rings is 1. The Hall–Kier alpha value is -2.27. The number of halogens is 1. The summed E-state index contributed by atoms with van der Waals surface area (Å²) >= 11 is 5.91. The van der Waals surface area contributed by atoms with E-state index in [4.69, 9.17) is 16.0 Å². The highest BCUT2D eigenvalue weighted by Gasteiger charge is 2.13. The van der Waals surface area contributed by atoms with Gasteiger partial charge in [-0.3, -0.25) is 9.59 Å². The van der Waals surface area contributed by atoms with Crippen LogP contribution in [0.2, 0.25) is 5.02 Å². The molecule has 5 nitrogen and oxygen atoms in total. The average molecular weight is 307 g/mol. The fourth-order valence-corrected chi connectivity index (χ4v) is 2.01. The minimum atomic E-state index is -0.425. The zero-order chi connectivity index (χ0) is 15.2. The number of rotatable bonds is 5. The third-order valence-electron chi connectivity index (χ3n) is 2.88. The summed E-state index contributed by atoms with van der Waals surface area (Å²) in [5.74, 6) is -0.543. The molecule has 1 aromatic heterocycles. The summed E-state index contributed by atoms with van der Waals surface area (Å²) in [4.78, 5) is 23.4. The molecule has 0 fully saturated rings. The predicted molar refractivity (Wildman–Crippen MR) is 79.1 cm³/mol. The second kappa shape index (κ2) is 6.95. The first-order valence-corrected chi connectivity index (χ1v) is 6.80. The number of carbonyl (C=O) groups is 2. The maximum Gasteiger partial charge on any atom is 0.287 e. The molecule has 0 aliphatic rings. The number of hydrogen-bond acceptors (Lipinski definition) is 3. The largest absolute Gasteiger partial charge is 0.459 e. The normalized spacial score (nSPS) is 11.7. The van der Waals surface area contributed by atoms with Gasteiger partial charge in [0.25, 0.3) is 5.91 Å². The molecule has 1 aromatic carbocycles. The van der Waals surface area contributed by atoms with Crippen molar-refractivity contribution in [1.82, 2.24) is 10.6 Å². The number of amides is 2. The van der Waals surface area contributed by atoms with Crippen LogP contribution in [0, 0.1) is 0 Å². The number of hydrogen-bond donors (Lipinski definition) is 2. The molecule has 0 aliphatic carbocycles. The van der Waals surface area contributed by atoms with Crippen molar-refractivity contribution in [3.8, 4) is 0 Å². The Balaban J connectivity index is 1.83. The van der Waals surface area contributed by atoms with Gasteiger partial charge in [0.1, 0.15) is 0 Å². The zero-order valence-corrected chi connectivity index (χ0v) is 12.2. The molecule has 0 unspecified atom stereocenters. The standard InChI is InChI=1S/C15H15ClN2O3/c1-10(11-4-2-5-12(16)8-11)18-14(19)9-17-15(20)13-6-3-7-21-13/h2-8,10H,9H2,1H3,(H,17,20)(H,18,19)/t10-/m1/s1. The summed E-state index contributed by atoms with van der Waals surface area (Å²) in [6.07, 6.45) is 1.40. The molecule has 1 atom stereocenters. The van der Waals surface area contributed by atoms with Crippen LogP contribution in [0.5, 0.6) is 0 Å². The molecular weight excluding hydrogens is 292 g/mol. The average Bonchev–Trinajstić information content (AvgIpc) is 2.99. The van der Waals surface area contributed by atoms with Gasteiger partial charge in [-0.25, -0.2) is 0 Å². The van der Waals surface area contributed by atoms with E-state index < -0.39 is 5.91 Å². The third kappa shape index (κ3) is 4.36. The maximum absolute atomic E-state index is 11.8. The number of nitrogens with one attached hydrogen (secondary N) is 2. The second-order valence-corrected chi connectivity index (χ2v) is 4.94. The molecule has 6 heteroatoms. The number of benzene rings is 1. The van der Waals surface area contributed by atoms with Crippen LogP contribution in [0.1, 0.15) is 29.1 Å². The van der Waals surface area contributed by atoms with E-state index in [0.29, 0.717) is 5.02 Å². The Kier molecular flexibility index (Phi) is 5.00. The van der Waals surface area contributed by atoms with E-state index in [9.17, 15) is 9.59 Å². The Morgan fingerprint density at radius 2 is 2.10 bits per heavy atom. The molecule has 0 saturated heterocycles. The highest BCUT2D eigenvalue weighted by molar-refractivity contribution is 6.30. The van der Waals surface area contributed by atoms with Gasteiger partial charge in [0.05, 0.1) is 18.8 Å². The van der Waals surface area contributed by atoms with Crippen molar-refractivity contribution in [3.63, 3.8) is 0 Å².